The maximum Gasteiger partial charge on any atom is 0.153 e. The van der Waals surface area contributed by atoms with Gasteiger partial charge in [0.05, 0.1) is 5.56 Å². The summed E-state index contributed by atoms with van der Waals surface area (Å²) in [4.78, 5) is 13.2. The van der Waals surface area contributed by atoms with Gasteiger partial charge in [0, 0.05) is 17.1 Å². The fourth-order valence-corrected chi connectivity index (χ4v) is 1.20. The number of hydrogen-bond donors (Lipinski definition) is 1. The summed E-state index contributed by atoms with van der Waals surface area (Å²) in [6, 6.07) is 4.75. The van der Waals surface area contributed by atoms with Gasteiger partial charge in [-0.3, -0.25) is 4.79 Å². The number of aromatic amines is 1. The van der Waals surface area contributed by atoms with Crippen LogP contribution in [0.4, 0.5) is 4.39 Å². The second kappa shape index (κ2) is 2.44. The molecule has 60 valence electrons. The molecule has 0 radical (unpaired) electrons. The summed E-state index contributed by atoms with van der Waals surface area (Å²) in [5.41, 5.74) is 0.806. The molecule has 1 aromatic heterocycles. The van der Waals surface area contributed by atoms with Crippen LogP contribution in [-0.4, -0.2) is 11.3 Å². The molecule has 0 saturated carbocycles. The number of halogens is 1. The molecule has 0 aliphatic heterocycles. The molecule has 0 spiro atoms. The molecule has 1 aromatic carbocycles. The SMILES string of the molecule is O=Cc1ccc2[nH]ccc2c1F. The summed E-state index contributed by atoms with van der Waals surface area (Å²) in [5, 5.41) is 0.458. The van der Waals surface area contributed by atoms with Gasteiger partial charge in [-0.25, -0.2) is 4.39 Å². The van der Waals surface area contributed by atoms with Crippen LogP contribution in [0, 0.1) is 5.82 Å². The molecule has 1 N–H and O–H groups in total. The van der Waals surface area contributed by atoms with Crippen molar-refractivity contribution in [3.05, 3.63) is 35.8 Å². The normalized spacial score (nSPS) is 10.4. The van der Waals surface area contributed by atoms with Crippen LogP contribution < -0.4 is 0 Å². The summed E-state index contributed by atoms with van der Waals surface area (Å²) < 4.78 is 13.3. The van der Waals surface area contributed by atoms with Gasteiger partial charge in [0.2, 0.25) is 0 Å². The monoisotopic (exact) mass is 163 g/mol. The Morgan fingerprint density at radius 2 is 2.17 bits per heavy atom. The second-order valence-electron chi connectivity index (χ2n) is 2.53. The number of benzene rings is 1. The Bertz CT molecular complexity index is 433. The number of fused-ring (bicyclic) bond motifs is 1. The molecule has 0 aliphatic rings. The summed E-state index contributed by atoms with van der Waals surface area (Å²) in [6.45, 7) is 0. The van der Waals surface area contributed by atoms with Crippen molar-refractivity contribution < 1.29 is 9.18 Å². The zero-order chi connectivity index (χ0) is 8.55. The van der Waals surface area contributed by atoms with Gasteiger partial charge >= 0.3 is 0 Å². The lowest BCUT2D eigenvalue weighted by Gasteiger charge is -1.94. The Hall–Kier alpha value is -1.64. The number of nitrogens with one attached hydrogen (secondary N) is 1. The molecule has 2 aromatic rings. The second-order valence-corrected chi connectivity index (χ2v) is 2.53. The van der Waals surface area contributed by atoms with Crippen molar-refractivity contribution in [1.82, 2.24) is 4.98 Å². The van der Waals surface area contributed by atoms with Crippen LogP contribution in [0.3, 0.4) is 0 Å². The standard InChI is InChI=1S/C9H6FNO/c10-9-6(5-12)1-2-8-7(9)3-4-11-8/h1-5,11H. The fraction of sp³-hybridized carbons (Fsp3) is 0. The quantitative estimate of drug-likeness (QED) is 0.641. The van der Waals surface area contributed by atoms with Gasteiger partial charge in [-0.1, -0.05) is 0 Å². The molecule has 0 amide bonds. The van der Waals surface area contributed by atoms with Crippen LogP contribution >= 0.6 is 0 Å². The summed E-state index contributed by atoms with van der Waals surface area (Å²) >= 11 is 0. The van der Waals surface area contributed by atoms with Gasteiger partial charge in [0.15, 0.2) is 6.29 Å². The third-order valence-corrected chi connectivity index (χ3v) is 1.83. The van der Waals surface area contributed by atoms with Gasteiger partial charge in [-0.05, 0) is 18.2 Å². The van der Waals surface area contributed by atoms with Gasteiger partial charge in [0.1, 0.15) is 5.82 Å². The molecule has 3 heteroatoms. The van der Waals surface area contributed by atoms with Crippen molar-refractivity contribution in [2.24, 2.45) is 0 Å². The number of carbonyl (C=O) groups excluding carboxylic acids is 1. The van der Waals surface area contributed by atoms with E-state index in [1.54, 1.807) is 18.3 Å². The first kappa shape index (κ1) is 7.03. The van der Waals surface area contributed by atoms with E-state index in [9.17, 15) is 9.18 Å². The minimum atomic E-state index is -0.455. The average molecular weight is 163 g/mol. The molecule has 0 atom stereocenters. The largest absolute Gasteiger partial charge is 0.361 e. The molecule has 2 nitrogen and oxygen atoms in total. The van der Waals surface area contributed by atoms with E-state index in [1.165, 1.54) is 6.07 Å². The molecular formula is C9H6FNO. The Morgan fingerprint density at radius 1 is 1.33 bits per heavy atom. The van der Waals surface area contributed by atoms with E-state index in [0.717, 1.165) is 0 Å². The molecule has 0 fully saturated rings. The highest BCUT2D eigenvalue weighted by molar-refractivity contribution is 5.87. The Balaban J connectivity index is 2.86. The van der Waals surface area contributed by atoms with Crippen molar-refractivity contribution in [2.75, 3.05) is 0 Å². The molecule has 0 aliphatic carbocycles. The summed E-state index contributed by atoms with van der Waals surface area (Å²) in [5.74, 6) is -0.455. The van der Waals surface area contributed by atoms with E-state index in [1.807, 2.05) is 0 Å². The van der Waals surface area contributed by atoms with Crippen LogP contribution in [0.2, 0.25) is 0 Å². The van der Waals surface area contributed by atoms with Crippen LogP contribution in [0.5, 0.6) is 0 Å². The minimum Gasteiger partial charge on any atom is -0.361 e. The highest BCUT2D eigenvalue weighted by atomic mass is 19.1. The van der Waals surface area contributed by atoms with Crippen molar-refractivity contribution >= 4 is 17.2 Å². The van der Waals surface area contributed by atoms with Crippen molar-refractivity contribution in [3.63, 3.8) is 0 Å². The van der Waals surface area contributed by atoms with Crippen molar-refractivity contribution in [1.29, 1.82) is 0 Å². The van der Waals surface area contributed by atoms with E-state index in [4.69, 9.17) is 0 Å². The number of rotatable bonds is 1. The molecule has 2 rings (SSSR count). The molecular weight excluding hydrogens is 157 g/mol. The first-order valence-corrected chi connectivity index (χ1v) is 3.53. The van der Waals surface area contributed by atoms with E-state index in [2.05, 4.69) is 4.98 Å². The van der Waals surface area contributed by atoms with E-state index < -0.39 is 5.82 Å². The van der Waals surface area contributed by atoms with Crippen LogP contribution in [0.1, 0.15) is 10.4 Å². The van der Waals surface area contributed by atoms with Gasteiger partial charge in [0.25, 0.3) is 0 Å². The smallest absolute Gasteiger partial charge is 0.153 e. The lowest BCUT2D eigenvalue weighted by Crippen LogP contribution is -1.86. The third kappa shape index (κ3) is 0.830. The number of hydrogen-bond acceptors (Lipinski definition) is 1. The van der Waals surface area contributed by atoms with Crippen molar-refractivity contribution in [3.8, 4) is 0 Å². The first-order valence-electron chi connectivity index (χ1n) is 3.53. The number of H-pyrrole nitrogens is 1. The predicted octanol–water partition coefficient (Wildman–Crippen LogP) is 2.12. The fourth-order valence-electron chi connectivity index (χ4n) is 1.20. The minimum absolute atomic E-state index is 0.0992. The lowest BCUT2D eigenvalue weighted by atomic mass is 10.1. The van der Waals surface area contributed by atoms with E-state index in [-0.39, 0.29) is 5.56 Å². The summed E-state index contributed by atoms with van der Waals surface area (Å²) in [6.07, 6.45) is 2.16. The molecule has 0 unspecified atom stereocenters. The molecule has 0 saturated heterocycles. The number of aldehydes is 1. The predicted molar refractivity (Wildman–Crippen MR) is 43.6 cm³/mol. The maximum atomic E-state index is 13.3. The highest BCUT2D eigenvalue weighted by Crippen LogP contribution is 2.18. The van der Waals surface area contributed by atoms with Crippen molar-refractivity contribution in [2.45, 2.75) is 0 Å². The highest BCUT2D eigenvalue weighted by Gasteiger charge is 2.05. The zero-order valence-electron chi connectivity index (χ0n) is 6.17. The average Bonchev–Trinajstić information content (AvgIpc) is 2.53. The third-order valence-electron chi connectivity index (χ3n) is 1.83. The Labute approximate surface area is 68.0 Å². The van der Waals surface area contributed by atoms with Crippen LogP contribution in [0.25, 0.3) is 10.9 Å². The molecule has 0 bridgehead atoms. The Kier molecular flexibility index (Phi) is 1.43. The summed E-state index contributed by atoms with van der Waals surface area (Å²) in [7, 11) is 0. The number of aromatic nitrogens is 1. The first-order chi connectivity index (χ1) is 5.83. The van der Waals surface area contributed by atoms with Gasteiger partial charge in [-0.2, -0.15) is 0 Å². The molecule has 1 heterocycles. The molecule has 12 heavy (non-hydrogen) atoms. The Morgan fingerprint density at radius 3 is 2.92 bits per heavy atom. The zero-order valence-corrected chi connectivity index (χ0v) is 6.17. The van der Waals surface area contributed by atoms with E-state index >= 15 is 0 Å². The van der Waals surface area contributed by atoms with Gasteiger partial charge in [-0.15, -0.1) is 0 Å². The van der Waals surface area contributed by atoms with E-state index in [0.29, 0.717) is 17.2 Å². The number of carbonyl (C=O) groups is 1. The van der Waals surface area contributed by atoms with Gasteiger partial charge < -0.3 is 4.98 Å². The maximum absolute atomic E-state index is 13.3. The van der Waals surface area contributed by atoms with Crippen LogP contribution in [-0.2, 0) is 0 Å². The topological polar surface area (TPSA) is 32.9 Å². The lowest BCUT2D eigenvalue weighted by molar-refractivity contribution is 0.112. The van der Waals surface area contributed by atoms with Crippen LogP contribution in [0.15, 0.2) is 24.4 Å².